The van der Waals surface area contributed by atoms with Crippen molar-refractivity contribution in [2.24, 2.45) is 0 Å². The van der Waals surface area contributed by atoms with Crippen LogP contribution in [-0.4, -0.2) is 31.5 Å². The van der Waals surface area contributed by atoms with Gasteiger partial charge in [-0.05, 0) is 6.92 Å². The predicted octanol–water partition coefficient (Wildman–Crippen LogP) is 0.927. The standard InChI is InChI=1S/C6H10F3NO/c1-5(2-10-3-5)11-4-6(7,8)9/h10H,2-4H2,1H3. The molecule has 66 valence electrons. The highest BCUT2D eigenvalue weighted by Gasteiger charge is 2.37. The van der Waals surface area contributed by atoms with E-state index in [2.05, 4.69) is 10.1 Å². The van der Waals surface area contributed by atoms with Crippen molar-refractivity contribution >= 4 is 0 Å². The van der Waals surface area contributed by atoms with E-state index >= 15 is 0 Å². The molecule has 0 amide bonds. The van der Waals surface area contributed by atoms with Crippen LogP contribution in [0.4, 0.5) is 13.2 Å². The molecule has 11 heavy (non-hydrogen) atoms. The molecule has 1 heterocycles. The molecule has 1 aliphatic heterocycles. The summed E-state index contributed by atoms with van der Waals surface area (Å²) in [5.41, 5.74) is -0.602. The van der Waals surface area contributed by atoms with Gasteiger partial charge in [0.05, 0.1) is 5.60 Å². The fourth-order valence-corrected chi connectivity index (χ4v) is 0.835. The molecule has 0 atom stereocenters. The second kappa shape index (κ2) is 2.64. The van der Waals surface area contributed by atoms with Gasteiger partial charge in [-0.3, -0.25) is 0 Å². The Morgan fingerprint density at radius 1 is 1.45 bits per heavy atom. The van der Waals surface area contributed by atoms with Crippen molar-refractivity contribution < 1.29 is 17.9 Å². The fraction of sp³-hybridized carbons (Fsp3) is 1.00. The topological polar surface area (TPSA) is 21.3 Å². The van der Waals surface area contributed by atoms with Crippen LogP contribution in [-0.2, 0) is 4.74 Å². The highest BCUT2D eigenvalue weighted by atomic mass is 19.4. The summed E-state index contributed by atoms with van der Waals surface area (Å²) in [6.07, 6.45) is -4.21. The zero-order valence-electron chi connectivity index (χ0n) is 6.16. The summed E-state index contributed by atoms with van der Waals surface area (Å²) in [4.78, 5) is 0. The molecule has 1 fully saturated rings. The van der Waals surface area contributed by atoms with Crippen molar-refractivity contribution in [3.63, 3.8) is 0 Å². The van der Waals surface area contributed by atoms with Crippen molar-refractivity contribution in [3.05, 3.63) is 0 Å². The van der Waals surface area contributed by atoms with Crippen LogP contribution in [0.5, 0.6) is 0 Å². The number of alkyl halides is 3. The van der Waals surface area contributed by atoms with E-state index in [4.69, 9.17) is 0 Å². The monoisotopic (exact) mass is 169 g/mol. The lowest BCUT2D eigenvalue weighted by Crippen LogP contribution is -2.59. The molecule has 0 bridgehead atoms. The molecule has 1 N–H and O–H groups in total. The van der Waals surface area contributed by atoms with Gasteiger partial charge >= 0.3 is 6.18 Å². The van der Waals surface area contributed by atoms with Crippen molar-refractivity contribution in [2.75, 3.05) is 19.7 Å². The molecule has 0 aromatic heterocycles. The van der Waals surface area contributed by atoms with Gasteiger partial charge in [-0.2, -0.15) is 13.2 Å². The van der Waals surface area contributed by atoms with E-state index in [1.54, 1.807) is 6.92 Å². The van der Waals surface area contributed by atoms with E-state index in [-0.39, 0.29) is 0 Å². The van der Waals surface area contributed by atoms with Gasteiger partial charge in [0.2, 0.25) is 0 Å². The predicted molar refractivity (Wildman–Crippen MR) is 33.3 cm³/mol. The minimum Gasteiger partial charge on any atom is -0.363 e. The maximum atomic E-state index is 11.6. The maximum absolute atomic E-state index is 11.6. The Morgan fingerprint density at radius 3 is 2.27 bits per heavy atom. The molecule has 0 saturated carbocycles. The summed E-state index contributed by atoms with van der Waals surface area (Å²) in [5.74, 6) is 0. The maximum Gasteiger partial charge on any atom is 0.411 e. The minimum absolute atomic E-state index is 0.503. The van der Waals surface area contributed by atoms with E-state index in [1.165, 1.54) is 0 Å². The average Bonchev–Trinajstić information content (AvgIpc) is 1.77. The van der Waals surface area contributed by atoms with Gasteiger partial charge in [0.15, 0.2) is 0 Å². The fourth-order valence-electron chi connectivity index (χ4n) is 0.835. The minimum atomic E-state index is -4.21. The molecule has 0 radical (unpaired) electrons. The second-order valence-corrected chi connectivity index (χ2v) is 2.96. The van der Waals surface area contributed by atoms with Gasteiger partial charge < -0.3 is 10.1 Å². The molecule has 5 heteroatoms. The van der Waals surface area contributed by atoms with Crippen LogP contribution >= 0.6 is 0 Å². The summed E-state index contributed by atoms with van der Waals surface area (Å²) in [6, 6.07) is 0. The van der Waals surface area contributed by atoms with Gasteiger partial charge in [0.1, 0.15) is 6.61 Å². The van der Waals surface area contributed by atoms with Crippen molar-refractivity contribution in [2.45, 2.75) is 18.7 Å². The molecule has 1 saturated heterocycles. The molecule has 0 aromatic carbocycles. The Balaban J connectivity index is 2.21. The number of ether oxygens (including phenoxy) is 1. The van der Waals surface area contributed by atoms with Gasteiger partial charge in [0, 0.05) is 13.1 Å². The molecule has 1 rings (SSSR count). The van der Waals surface area contributed by atoms with E-state index in [0.717, 1.165) is 0 Å². The Morgan fingerprint density at radius 2 is 2.00 bits per heavy atom. The normalized spacial score (nSPS) is 22.9. The number of nitrogens with one attached hydrogen (secondary N) is 1. The van der Waals surface area contributed by atoms with Crippen molar-refractivity contribution in [1.29, 1.82) is 0 Å². The first-order chi connectivity index (χ1) is 4.91. The van der Waals surface area contributed by atoms with Crippen molar-refractivity contribution in [1.82, 2.24) is 5.32 Å². The van der Waals surface area contributed by atoms with Crippen LogP contribution in [0.25, 0.3) is 0 Å². The number of hydrogen-bond acceptors (Lipinski definition) is 2. The van der Waals surface area contributed by atoms with Crippen LogP contribution in [0.1, 0.15) is 6.92 Å². The zero-order chi connectivity index (χ0) is 8.54. The lowest BCUT2D eigenvalue weighted by atomic mass is 10.0. The number of rotatable bonds is 2. The highest BCUT2D eigenvalue weighted by molar-refractivity contribution is 4.90. The molecular formula is C6H10F3NO. The van der Waals surface area contributed by atoms with Gasteiger partial charge in [-0.15, -0.1) is 0 Å². The van der Waals surface area contributed by atoms with Crippen LogP contribution in [0.15, 0.2) is 0 Å². The van der Waals surface area contributed by atoms with E-state index in [1.807, 2.05) is 0 Å². The third-order valence-electron chi connectivity index (χ3n) is 1.58. The lowest BCUT2D eigenvalue weighted by Gasteiger charge is -2.39. The van der Waals surface area contributed by atoms with Crippen LogP contribution < -0.4 is 5.32 Å². The summed E-state index contributed by atoms with van der Waals surface area (Å²) < 4.78 is 39.4. The largest absolute Gasteiger partial charge is 0.411 e. The van der Waals surface area contributed by atoms with E-state index in [9.17, 15) is 13.2 Å². The molecule has 0 aliphatic carbocycles. The quantitative estimate of drug-likeness (QED) is 0.663. The Labute approximate surface area is 62.7 Å². The van der Waals surface area contributed by atoms with Gasteiger partial charge in [0.25, 0.3) is 0 Å². The molecule has 1 aliphatic rings. The SMILES string of the molecule is CC1(OCC(F)(F)F)CNC1. The lowest BCUT2D eigenvalue weighted by molar-refractivity contribution is -0.210. The van der Waals surface area contributed by atoms with Crippen LogP contribution in [0.2, 0.25) is 0 Å². The molecule has 0 aromatic rings. The molecular weight excluding hydrogens is 159 g/mol. The molecule has 2 nitrogen and oxygen atoms in total. The smallest absolute Gasteiger partial charge is 0.363 e. The van der Waals surface area contributed by atoms with Gasteiger partial charge in [-0.1, -0.05) is 0 Å². The number of hydrogen-bond donors (Lipinski definition) is 1. The molecule has 0 spiro atoms. The highest BCUT2D eigenvalue weighted by Crippen LogP contribution is 2.21. The van der Waals surface area contributed by atoms with Crippen LogP contribution in [0.3, 0.4) is 0 Å². The zero-order valence-corrected chi connectivity index (χ0v) is 6.16. The Bertz CT molecular complexity index is 141. The van der Waals surface area contributed by atoms with Crippen molar-refractivity contribution in [3.8, 4) is 0 Å². The van der Waals surface area contributed by atoms with Crippen LogP contribution in [0, 0.1) is 0 Å². The number of halogens is 3. The summed E-state index contributed by atoms with van der Waals surface area (Å²) >= 11 is 0. The summed E-state index contributed by atoms with van der Waals surface area (Å²) in [7, 11) is 0. The van der Waals surface area contributed by atoms with E-state index < -0.39 is 18.4 Å². The second-order valence-electron chi connectivity index (χ2n) is 2.96. The Hall–Kier alpha value is -0.290. The summed E-state index contributed by atoms with van der Waals surface area (Å²) in [5, 5.41) is 2.85. The first-order valence-electron chi connectivity index (χ1n) is 3.33. The third-order valence-corrected chi connectivity index (χ3v) is 1.58. The first kappa shape index (κ1) is 8.80. The third kappa shape index (κ3) is 2.67. The first-order valence-corrected chi connectivity index (χ1v) is 3.33. The molecule has 0 unspecified atom stereocenters. The Kier molecular flexibility index (Phi) is 2.11. The average molecular weight is 169 g/mol. The van der Waals surface area contributed by atoms with Gasteiger partial charge in [-0.25, -0.2) is 0 Å². The van der Waals surface area contributed by atoms with E-state index in [0.29, 0.717) is 13.1 Å². The summed E-state index contributed by atoms with van der Waals surface area (Å²) in [6.45, 7) is 1.52.